The SMILES string of the molecule is CC(C)(C(=O)N[C@@H]1C[C@H]1c1cccc(F)c1)c1ccc2c(c1)OCCO2. The van der Waals surface area contributed by atoms with Crippen molar-refractivity contribution in [2.24, 2.45) is 0 Å². The molecular weight excluding hydrogens is 333 g/mol. The van der Waals surface area contributed by atoms with Crippen LogP contribution in [0.15, 0.2) is 42.5 Å². The first-order chi connectivity index (χ1) is 12.4. The highest BCUT2D eigenvalue weighted by Crippen LogP contribution is 2.42. The number of hydrogen-bond acceptors (Lipinski definition) is 3. The fourth-order valence-corrected chi connectivity index (χ4v) is 3.37. The Balaban J connectivity index is 1.46. The number of ether oxygens (including phenoxy) is 2. The van der Waals surface area contributed by atoms with Gasteiger partial charge in [-0.2, -0.15) is 0 Å². The Bertz CT molecular complexity index is 849. The molecule has 1 aliphatic carbocycles. The van der Waals surface area contributed by atoms with E-state index < -0.39 is 5.41 Å². The summed E-state index contributed by atoms with van der Waals surface area (Å²) in [6.45, 7) is 4.85. The minimum atomic E-state index is -0.703. The first-order valence-electron chi connectivity index (χ1n) is 8.92. The van der Waals surface area contributed by atoms with Crippen LogP contribution in [0.4, 0.5) is 4.39 Å². The van der Waals surface area contributed by atoms with E-state index in [0.29, 0.717) is 24.7 Å². The highest BCUT2D eigenvalue weighted by molar-refractivity contribution is 5.88. The summed E-state index contributed by atoms with van der Waals surface area (Å²) in [5.41, 5.74) is 1.11. The predicted octanol–water partition coefficient (Wildman–Crippen LogP) is 3.55. The van der Waals surface area contributed by atoms with Crippen LogP contribution in [0, 0.1) is 5.82 Å². The number of fused-ring (bicyclic) bond motifs is 1. The molecule has 0 aromatic heterocycles. The molecule has 0 unspecified atom stereocenters. The molecule has 1 N–H and O–H groups in total. The summed E-state index contributed by atoms with van der Waals surface area (Å²) >= 11 is 0. The monoisotopic (exact) mass is 355 g/mol. The Labute approximate surface area is 152 Å². The van der Waals surface area contributed by atoms with E-state index in [1.807, 2.05) is 38.1 Å². The molecule has 0 bridgehead atoms. The molecule has 2 aromatic rings. The molecule has 1 saturated carbocycles. The third-order valence-electron chi connectivity index (χ3n) is 5.22. The van der Waals surface area contributed by atoms with Gasteiger partial charge in [0.2, 0.25) is 5.91 Å². The molecule has 2 atom stereocenters. The number of nitrogens with one attached hydrogen (secondary N) is 1. The van der Waals surface area contributed by atoms with E-state index in [9.17, 15) is 9.18 Å². The molecule has 0 radical (unpaired) electrons. The van der Waals surface area contributed by atoms with Crippen LogP contribution >= 0.6 is 0 Å². The van der Waals surface area contributed by atoms with Crippen LogP contribution in [0.3, 0.4) is 0 Å². The van der Waals surface area contributed by atoms with Gasteiger partial charge >= 0.3 is 0 Å². The maximum absolute atomic E-state index is 13.4. The zero-order chi connectivity index (χ0) is 18.3. The first-order valence-corrected chi connectivity index (χ1v) is 8.92. The van der Waals surface area contributed by atoms with Gasteiger partial charge in [0, 0.05) is 12.0 Å². The van der Waals surface area contributed by atoms with Crippen LogP contribution in [0.1, 0.15) is 37.3 Å². The molecule has 136 valence electrons. The van der Waals surface area contributed by atoms with Crippen molar-refractivity contribution in [3.63, 3.8) is 0 Å². The van der Waals surface area contributed by atoms with E-state index in [1.165, 1.54) is 6.07 Å². The van der Waals surface area contributed by atoms with Crippen molar-refractivity contribution in [1.82, 2.24) is 5.32 Å². The first kappa shape index (κ1) is 16.9. The van der Waals surface area contributed by atoms with Gasteiger partial charge in [0.1, 0.15) is 19.0 Å². The zero-order valence-corrected chi connectivity index (χ0v) is 14.9. The van der Waals surface area contributed by atoms with E-state index in [4.69, 9.17) is 9.47 Å². The average molecular weight is 355 g/mol. The summed E-state index contributed by atoms with van der Waals surface area (Å²) in [7, 11) is 0. The zero-order valence-electron chi connectivity index (χ0n) is 14.9. The molecule has 2 aliphatic rings. The number of carbonyl (C=O) groups is 1. The van der Waals surface area contributed by atoms with E-state index in [2.05, 4.69) is 5.32 Å². The van der Waals surface area contributed by atoms with Crippen LogP contribution in [0.5, 0.6) is 11.5 Å². The summed E-state index contributed by atoms with van der Waals surface area (Å²) in [4.78, 5) is 12.9. The minimum absolute atomic E-state index is 0.0434. The number of halogens is 1. The van der Waals surface area contributed by atoms with Crippen molar-refractivity contribution >= 4 is 5.91 Å². The second-order valence-electron chi connectivity index (χ2n) is 7.46. The molecule has 0 spiro atoms. The number of rotatable bonds is 4. The third kappa shape index (κ3) is 3.14. The van der Waals surface area contributed by atoms with Gasteiger partial charge in [-0.3, -0.25) is 4.79 Å². The van der Waals surface area contributed by atoms with E-state index in [0.717, 1.165) is 17.5 Å². The molecule has 1 heterocycles. The average Bonchev–Trinajstić information content (AvgIpc) is 3.40. The molecule has 2 aromatic carbocycles. The van der Waals surface area contributed by atoms with Gasteiger partial charge in [-0.1, -0.05) is 18.2 Å². The topological polar surface area (TPSA) is 47.6 Å². The number of benzene rings is 2. The van der Waals surface area contributed by atoms with E-state index in [-0.39, 0.29) is 23.7 Å². The predicted molar refractivity (Wildman–Crippen MR) is 96.1 cm³/mol. The maximum atomic E-state index is 13.4. The maximum Gasteiger partial charge on any atom is 0.230 e. The lowest BCUT2D eigenvalue weighted by Crippen LogP contribution is -2.41. The van der Waals surface area contributed by atoms with Gasteiger partial charge in [-0.15, -0.1) is 0 Å². The second kappa shape index (κ2) is 6.31. The van der Waals surface area contributed by atoms with Crippen molar-refractivity contribution in [2.45, 2.75) is 37.6 Å². The lowest BCUT2D eigenvalue weighted by Gasteiger charge is -2.26. The Morgan fingerprint density at radius 3 is 2.65 bits per heavy atom. The van der Waals surface area contributed by atoms with Crippen LogP contribution in [-0.4, -0.2) is 25.2 Å². The Hall–Kier alpha value is -2.56. The molecule has 1 aliphatic heterocycles. The van der Waals surface area contributed by atoms with Gasteiger partial charge in [0.05, 0.1) is 5.41 Å². The lowest BCUT2D eigenvalue weighted by atomic mass is 9.83. The third-order valence-corrected chi connectivity index (χ3v) is 5.22. The molecule has 26 heavy (non-hydrogen) atoms. The van der Waals surface area contributed by atoms with Crippen molar-refractivity contribution < 1.29 is 18.7 Å². The summed E-state index contributed by atoms with van der Waals surface area (Å²) in [5.74, 6) is 1.29. The molecule has 1 fully saturated rings. The molecule has 4 nitrogen and oxygen atoms in total. The number of amides is 1. The summed E-state index contributed by atoms with van der Waals surface area (Å²) < 4.78 is 24.6. The summed E-state index contributed by atoms with van der Waals surface area (Å²) in [6.07, 6.45) is 0.840. The van der Waals surface area contributed by atoms with Gasteiger partial charge in [-0.25, -0.2) is 4.39 Å². The van der Waals surface area contributed by atoms with Crippen LogP contribution in [0.2, 0.25) is 0 Å². The fraction of sp³-hybridized carbons (Fsp3) is 0.381. The van der Waals surface area contributed by atoms with Crippen molar-refractivity contribution in [3.8, 4) is 11.5 Å². The molecule has 0 saturated heterocycles. The largest absolute Gasteiger partial charge is 0.486 e. The number of hydrogen-bond donors (Lipinski definition) is 1. The second-order valence-corrected chi connectivity index (χ2v) is 7.46. The smallest absolute Gasteiger partial charge is 0.230 e. The van der Waals surface area contributed by atoms with Crippen molar-refractivity contribution in [3.05, 3.63) is 59.4 Å². The van der Waals surface area contributed by atoms with Gasteiger partial charge in [-0.05, 0) is 55.7 Å². The van der Waals surface area contributed by atoms with E-state index in [1.54, 1.807) is 12.1 Å². The highest BCUT2D eigenvalue weighted by Gasteiger charge is 2.42. The summed E-state index contributed by atoms with van der Waals surface area (Å²) in [5, 5.41) is 3.11. The van der Waals surface area contributed by atoms with E-state index >= 15 is 0 Å². The highest BCUT2D eigenvalue weighted by atomic mass is 19.1. The Morgan fingerprint density at radius 2 is 1.88 bits per heavy atom. The fourth-order valence-electron chi connectivity index (χ4n) is 3.37. The van der Waals surface area contributed by atoms with Gasteiger partial charge in [0.25, 0.3) is 0 Å². The quantitative estimate of drug-likeness (QED) is 0.912. The standard InChI is InChI=1S/C21H22FNO3/c1-21(2,14-6-7-18-19(11-14)26-9-8-25-18)20(24)23-17-12-16(17)13-4-3-5-15(22)10-13/h3-7,10-11,16-17H,8-9,12H2,1-2H3,(H,23,24)/t16-,17+/m0/s1. The summed E-state index contributed by atoms with van der Waals surface area (Å²) in [6, 6.07) is 12.3. The molecule has 5 heteroatoms. The van der Waals surface area contributed by atoms with Gasteiger partial charge < -0.3 is 14.8 Å². The Kier molecular flexibility index (Phi) is 4.10. The van der Waals surface area contributed by atoms with Crippen LogP contribution in [0.25, 0.3) is 0 Å². The lowest BCUT2D eigenvalue weighted by molar-refractivity contribution is -0.125. The van der Waals surface area contributed by atoms with Crippen molar-refractivity contribution in [1.29, 1.82) is 0 Å². The van der Waals surface area contributed by atoms with Crippen molar-refractivity contribution in [2.75, 3.05) is 13.2 Å². The normalized spacial score (nSPS) is 21.2. The van der Waals surface area contributed by atoms with Crippen LogP contribution in [-0.2, 0) is 10.2 Å². The Morgan fingerprint density at radius 1 is 1.12 bits per heavy atom. The van der Waals surface area contributed by atoms with Crippen LogP contribution < -0.4 is 14.8 Å². The molecule has 1 amide bonds. The molecular formula is C21H22FNO3. The number of carbonyl (C=O) groups excluding carboxylic acids is 1. The molecule has 4 rings (SSSR count). The minimum Gasteiger partial charge on any atom is -0.486 e. The van der Waals surface area contributed by atoms with Gasteiger partial charge in [0.15, 0.2) is 11.5 Å².